The Balaban J connectivity index is 1.31. The third-order valence-corrected chi connectivity index (χ3v) is 7.01. The fourth-order valence-corrected chi connectivity index (χ4v) is 6.08. The van der Waals surface area contributed by atoms with Gasteiger partial charge in [0.2, 0.25) is 0 Å². The van der Waals surface area contributed by atoms with Crippen molar-refractivity contribution >= 4 is 11.7 Å². The number of hydrogen-bond acceptors (Lipinski definition) is 3. The lowest BCUT2D eigenvalue weighted by Crippen LogP contribution is -2.56. The zero-order valence-electron chi connectivity index (χ0n) is 15.8. The van der Waals surface area contributed by atoms with Crippen LogP contribution >= 0.6 is 0 Å². The van der Waals surface area contributed by atoms with Crippen molar-refractivity contribution in [2.45, 2.75) is 58.4 Å². The van der Waals surface area contributed by atoms with Gasteiger partial charge in [-0.2, -0.15) is 0 Å². The van der Waals surface area contributed by atoms with Gasteiger partial charge in [0.05, 0.1) is 0 Å². The predicted molar refractivity (Wildman–Crippen MR) is 100 cm³/mol. The van der Waals surface area contributed by atoms with E-state index in [0.29, 0.717) is 16.7 Å². The average molecular weight is 355 g/mol. The molecule has 0 spiro atoms. The molecule has 1 unspecified atom stereocenters. The molecule has 4 aliphatic carbocycles. The lowest BCUT2D eigenvalue weighted by molar-refractivity contribution is -0.127. The van der Waals surface area contributed by atoms with Gasteiger partial charge in [-0.1, -0.05) is 0 Å². The quantitative estimate of drug-likeness (QED) is 0.785. The summed E-state index contributed by atoms with van der Waals surface area (Å²) in [5, 5.41) is 3.22. The van der Waals surface area contributed by atoms with Gasteiger partial charge < -0.3 is 10.1 Å². The summed E-state index contributed by atoms with van der Waals surface area (Å²) in [6, 6.07) is 7.16. The first kappa shape index (κ1) is 17.6. The highest BCUT2D eigenvalue weighted by molar-refractivity contribution is 5.94. The summed E-state index contributed by atoms with van der Waals surface area (Å²) < 4.78 is 5.60. The van der Waals surface area contributed by atoms with Gasteiger partial charge in [-0.15, -0.1) is 0 Å². The zero-order valence-corrected chi connectivity index (χ0v) is 15.8. The van der Waals surface area contributed by atoms with E-state index in [-0.39, 0.29) is 24.3 Å². The maximum atomic E-state index is 12.4. The second kappa shape index (κ2) is 6.71. The smallest absolute Gasteiger partial charge is 0.258 e. The van der Waals surface area contributed by atoms with Crippen molar-refractivity contribution < 1.29 is 14.3 Å². The summed E-state index contributed by atoms with van der Waals surface area (Å²) in [6.45, 7) is 3.75. The minimum Gasteiger partial charge on any atom is -0.484 e. The van der Waals surface area contributed by atoms with E-state index in [0.717, 1.165) is 17.8 Å². The standard InChI is InChI=1S/C22H29NO3/c1-14(24)19-3-5-20(6-4-19)26-13-21(25)23-15(2)22-10-16-7-17(11-22)9-18(8-16)12-22/h3-6,15-18H,7-13H2,1-2H3,(H,23,25). The Labute approximate surface area is 155 Å². The van der Waals surface area contributed by atoms with Gasteiger partial charge in [-0.25, -0.2) is 0 Å². The third kappa shape index (κ3) is 3.38. The van der Waals surface area contributed by atoms with Gasteiger partial charge >= 0.3 is 0 Å². The summed E-state index contributed by atoms with van der Waals surface area (Å²) in [6.07, 6.45) is 8.10. The maximum Gasteiger partial charge on any atom is 0.258 e. The summed E-state index contributed by atoms with van der Waals surface area (Å²) in [7, 11) is 0. The molecule has 4 nitrogen and oxygen atoms in total. The molecule has 1 amide bonds. The largest absolute Gasteiger partial charge is 0.484 e. The second-order valence-electron chi connectivity index (χ2n) is 8.94. The van der Waals surface area contributed by atoms with E-state index in [1.165, 1.54) is 45.4 Å². The van der Waals surface area contributed by atoms with Crippen LogP contribution in [0.15, 0.2) is 24.3 Å². The van der Waals surface area contributed by atoms with Gasteiger partial charge in [0, 0.05) is 11.6 Å². The van der Waals surface area contributed by atoms with E-state index < -0.39 is 0 Å². The first-order valence-corrected chi connectivity index (χ1v) is 9.97. The fourth-order valence-electron chi connectivity index (χ4n) is 6.08. The number of hydrogen-bond donors (Lipinski definition) is 1. The van der Waals surface area contributed by atoms with Crippen LogP contribution in [0, 0.1) is 23.2 Å². The highest BCUT2D eigenvalue weighted by atomic mass is 16.5. The Kier molecular flexibility index (Phi) is 4.54. The highest BCUT2D eigenvalue weighted by Gasteiger charge is 2.53. The molecule has 0 radical (unpaired) electrons. The zero-order chi connectivity index (χ0) is 18.3. The fraction of sp³-hybridized carbons (Fsp3) is 0.636. The van der Waals surface area contributed by atoms with Crippen molar-refractivity contribution in [3.05, 3.63) is 29.8 Å². The molecule has 4 saturated carbocycles. The summed E-state index contributed by atoms with van der Waals surface area (Å²) in [5.74, 6) is 3.25. The monoisotopic (exact) mass is 355 g/mol. The minimum absolute atomic E-state index is 0.0239. The van der Waals surface area contributed by atoms with Crippen LogP contribution in [0.3, 0.4) is 0 Å². The highest BCUT2D eigenvalue weighted by Crippen LogP contribution is 2.61. The van der Waals surface area contributed by atoms with Crippen LogP contribution < -0.4 is 10.1 Å². The Morgan fingerprint density at radius 3 is 2.12 bits per heavy atom. The van der Waals surface area contributed by atoms with Crippen molar-refractivity contribution in [2.75, 3.05) is 6.61 Å². The first-order chi connectivity index (χ1) is 12.4. The molecule has 4 bridgehead atoms. The molecule has 0 aromatic heterocycles. The number of carbonyl (C=O) groups excluding carboxylic acids is 2. The van der Waals surface area contributed by atoms with Crippen molar-refractivity contribution in [3.8, 4) is 5.75 Å². The number of nitrogens with one attached hydrogen (secondary N) is 1. The molecule has 1 aromatic rings. The van der Waals surface area contributed by atoms with E-state index >= 15 is 0 Å². The molecule has 1 aromatic carbocycles. The van der Waals surface area contributed by atoms with Crippen LogP contribution in [0.2, 0.25) is 0 Å². The van der Waals surface area contributed by atoms with Gasteiger partial charge in [0.1, 0.15) is 5.75 Å². The van der Waals surface area contributed by atoms with Crippen LogP contribution in [-0.2, 0) is 4.79 Å². The number of rotatable bonds is 6. The van der Waals surface area contributed by atoms with Crippen molar-refractivity contribution in [1.82, 2.24) is 5.32 Å². The molecule has 26 heavy (non-hydrogen) atoms. The predicted octanol–water partition coefficient (Wildman–Crippen LogP) is 3.99. The Hall–Kier alpha value is -1.84. The SMILES string of the molecule is CC(=O)c1ccc(OCC(=O)NC(C)C23CC4CC(CC(C4)C2)C3)cc1. The summed E-state index contributed by atoms with van der Waals surface area (Å²) in [4.78, 5) is 23.7. The number of benzene rings is 1. The number of amides is 1. The number of carbonyl (C=O) groups is 2. The van der Waals surface area contributed by atoms with E-state index in [1.54, 1.807) is 24.3 Å². The van der Waals surface area contributed by atoms with Crippen molar-refractivity contribution in [2.24, 2.45) is 23.2 Å². The number of ketones is 1. The van der Waals surface area contributed by atoms with Crippen LogP contribution in [-0.4, -0.2) is 24.3 Å². The molecule has 140 valence electrons. The molecular weight excluding hydrogens is 326 g/mol. The van der Waals surface area contributed by atoms with Gasteiger partial charge in [-0.05, 0) is 99.8 Å². The lowest BCUT2D eigenvalue weighted by Gasteiger charge is -2.59. The molecule has 4 fully saturated rings. The van der Waals surface area contributed by atoms with Crippen LogP contribution in [0.25, 0.3) is 0 Å². The molecule has 1 N–H and O–H groups in total. The molecule has 0 aliphatic heterocycles. The summed E-state index contributed by atoms with van der Waals surface area (Å²) >= 11 is 0. The normalized spacial score (nSPS) is 32.9. The molecular formula is C22H29NO3. The molecule has 1 atom stereocenters. The Morgan fingerprint density at radius 1 is 1.08 bits per heavy atom. The number of Topliss-reactive ketones (excluding diaryl/α,β-unsaturated/α-hetero) is 1. The Morgan fingerprint density at radius 2 is 1.62 bits per heavy atom. The van der Waals surface area contributed by atoms with Crippen LogP contribution in [0.5, 0.6) is 5.75 Å². The molecule has 0 heterocycles. The van der Waals surface area contributed by atoms with E-state index in [9.17, 15) is 9.59 Å². The van der Waals surface area contributed by atoms with Gasteiger partial charge in [-0.3, -0.25) is 9.59 Å². The van der Waals surface area contributed by atoms with Gasteiger partial charge in [0.15, 0.2) is 12.4 Å². The molecule has 4 heteroatoms. The maximum absolute atomic E-state index is 12.4. The number of ether oxygens (including phenoxy) is 1. The van der Waals surface area contributed by atoms with Crippen molar-refractivity contribution in [3.63, 3.8) is 0 Å². The van der Waals surface area contributed by atoms with Crippen molar-refractivity contribution in [1.29, 1.82) is 0 Å². The Bertz CT molecular complexity index is 659. The minimum atomic E-state index is -0.0520. The molecule has 0 saturated heterocycles. The van der Waals surface area contributed by atoms with E-state index in [4.69, 9.17) is 4.74 Å². The summed E-state index contributed by atoms with van der Waals surface area (Å²) in [5.41, 5.74) is 0.963. The van der Waals surface area contributed by atoms with E-state index in [1.807, 2.05) is 0 Å². The van der Waals surface area contributed by atoms with Crippen LogP contribution in [0.4, 0.5) is 0 Å². The topological polar surface area (TPSA) is 55.4 Å². The van der Waals surface area contributed by atoms with Gasteiger partial charge in [0.25, 0.3) is 5.91 Å². The first-order valence-electron chi connectivity index (χ1n) is 9.97. The lowest BCUT2D eigenvalue weighted by atomic mass is 9.48. The second-order valence-corrected chi connectivity index (χ2v) is 8.94. The molecule has 4 aliphatic rings. The average Bonchev–Trinajstić information content (AvgIpc) is 2.59. The third-order valence-electron chi connectivity index (χ3n) is 7.01. The van der Waals surface area contributed by atoms with Crippen LogP contribution in [0.1, 0.15) is 62.7 Å². The van der Waals surface area contributed by atoms with E-state index in [2.05, 4.69) is 12.2 Å². The molecule has 5 rings (SSSR count).